The van der Waals surface area contributed by atoms with Gasteiger partial charge in [-0.2, -0.15) is 13.2 Å². The first-order valence-electron chi connectivity index (χ1n) is 8.41. The number of hydrogen-bond donors (Lipinski definition) is 3. The van der Waals surface area contributed by atoms with Crippen molar-refractivity contribution < 1.29 is 18.0 Å². The molecule has 1 saturated heterocycles. The average Bonchev–Trinajstić information content (AvgIpc) is 3.08. The highest BCUT2D eigenvalue weighted by Gasteiger charge is 2.32. The van der Waals surface area contributed by atoms with Crippen LogP contribution < -0.4 is 26.4 Å². The fourth-order valence-electron chi connectivity index (χ4n) is 2.52. The van der Waals surface area contributed by atoms with Gasteiger partial charge in [-0.15, -0.1) is 11.1 Å². The Labute approximate surface area is 165 Å². The predicted molar refractivity (Wildman–Crippen MR) is 101 cm³/mol. The van der Waals surface area contributed by atoms with Crippen molar-refractivity contribution in [3.63, 3.8) is 0 Å². The summed E-state index contributed by atoms with van der Waals surface area (Å²) >= 11 is 6.27. The number of carbonyl (C=O) groups is 1. The van der Waals surface area contributed by atoms with E-state index < -0.39 is 17.9 Å². The third kappa shape index (κ3) is 4.83. The molecule has 2 amide bonds. The van der Waals surface area contributed by atoms with Gasteiger partial charge in [0.15, 0.2) is 0 Å². The Morgan fingerprint density at radius 2 is 1.86 bits per heavy atom. The van der Waals surface area contributed by atoms with Crippen molar-refractivity contribution in [2.75, 3.05) is 17.0 Å². The van der Waals surface area contributed by atoms with Crippen LogP contribution in [0, 0.1) is 0 Å². The van der Waals surface area contributed by atoms with Crippen LogP contribution in [0.5, 0.6) is 0 Å². The number of nitrogens with zero attached hydrogens (tertiary/aromatic N) is 3. The lowest BCUT2D eigenvalue weighted by molar-refractivity contribution is -0.141. The third-order valence-corrected chi connectivity index (χ3v) is 3.93. The first kappa shape index (κ1) is 21.7. The number of urea groups is 1. The Morgan fingerprint density at radius 1 is 1.18 bits per heavy atom. The number of hydrogen-bond acceptors (Lipinski definition) is 5. The maximum Gasteiger partial charge on any atom is 0.433 e. The highest BCUT2D eigenvalue weighted by atomic mass is 35.5. The molecule has 0 unspecified atom stereocenters. The maximum absolute atomic E-state index is 12.8. The fourth-order valence-corrected chi connectivity index (χ4v) is 2.84. The van der Waals surface area contributed by atoms with Crippen molar-refractivity contribution in [3.05, 3.63) is 52.8 Å². The summed E-state index contributed by atoms with van der Waals surface area (Å²) < 4.78 is 38.5. The second-order valence-electron chi connectivity index (χ2n) is 5.48. The molecule has 0 atom stereocenters. The summed E-state index contributed by atoms with van der Waals surface area (Å²) in [5.74, 6) is 0. The van der Waals surface area contributed by atoms with E-state index >= 15 is 0 Å². The van der Waals surface area contributed by atoms with Crippen LogP contribution >= 0.6 is 11.6 Å². The van der Waals surface area contributed by atoms with E-state index in [1.54, 1.807) is 30.1 Å². The quantitative estimate of drug-likeness (QED) is 0.705. The van der Waals surface area contributed by atoms with Gasteiger partial charge in [0.25, 0.3) is 0 Å². The van der Waals surface area contributed by atoms with Gasteiger partial charge in [0.05, 0.1) is 28.6 Å². The normalized spacial score (nSPS) is 13.7. The monoisotopic (exact) mass is 416 g/mol. The van der Waals surface area contributed by atoms with E-state index in [-0.39, 0.29) is 12.2 Å². The van der Waals surface area contributed by atoms with Crippen LogP contribution in [-0.4, -0.2) is 18.1 Å². The minimum Gasteiger partial charge on any atom is -0.366 e. The molecule has 1 aliphatic rings. The van der Waals surface area contributed by atoms with Crippen LogP contribution in [0.4, 0.5) is 29.3 Å². The van der Waals surface area contributed by atoms with E-state index in [9.17, 15) is 18.0 Å². The number of anilines is 2. The van der Waals surface area contributed by atoms with E-state index in [0.29, 0.717) is 16.4 Å². The van der Waals surface area contributed by atoms with Crippen molar-refractivity contribution >= 4 is 29.0 Å². The Balaban J connectivity index is 0.00000136. The van der Waals surface area contributed by atoms with Gasteiger partial charge in [-0.05, 0) is 24.3 Å². The summed E-state index contributed by atoms with van der Waals surface area (Å²) in [7, 11) is 1.65. The first-order valence-corrected chi connectivity index (χ1v) is 8.78. The van der Waals surface area contributed by atoms with Gasteiger partial charge >= 0.3 is 12.2 Å². The summed E-state index contributed by atoms with van der Waals surface area (Å²) in [4.78, 5) is 17.1. The topological polar surface area (TPSA) is 72.5 Å². The molecule has 0 spiro atoms. The van der Waals surface area contributed by atoms with Crippen LogP contribution in [0.1, 0.15) is 25.2 Å². The second-order valence-corrected chi connectivity index (χ2v) is 5.89. The fraction of sp³-hybridized carbons (Fsp3) is 0.294. The zero-order valence-corrected chi connectivity index (χ0v) is 16.2. The molecule has 7 nitrogen and oxygen atoms in total. The van der Waals surface area contributed by atoms with Crippen LogP contribution in [0.2, 0.25) is 5.02 Å². The number of alkyl halides is 3. The SMILES string of the molecule is CC.CN(Cc1cccc(C(F)(F)F)n1)c1c(Cl)cccc1N1NNNC1=O. The second kappa shape index (κ2) is 9.09. The highest BCUT2D eigenvalue weighted by molar-refractivity contribution is 6.34. The number of carbonyl (C=O) groups excluding carboxylic acids is 1. The van der Waals surface area contributed by atoms with E-state index in [2.05, 4.69) is 21.5 Å². The molecule has 28 heavy (non-hydrogen) atoms. The largest absolute Gasteiger partial charge is 0.433 e. The number of amides is 2. The number of halogens is 4. The molecule has 0 aliphatic carbocycles. The van der Waals surface area contributed by atoms with Gasteiger partial charge < -0.3 is 4.90 Å². The summed E-state index contributed by atoms with van der Waals surface area (Å²) in [6.07, 6.45) is -4.52. The number of aromatic nitrogens is 1. The minimum atomic E-state index is -4.52. The average molecular weight is 417 g/mol. The molecular weight excluding hydrogens is 397 g/mol. The number of nitrogens with one attached hydrogen (secondary N) is 3. The summed E-state index contributed by atoms with van der Waals surface area (Å²) in [6.45, 7) is 4.06. The number of benzene rings is 1. The van der Waals surface area contributed by atoms with E-state index in [1.165, 1.54) is 17.1 Å². The van der Waals surface area contributed by atoms with Crippen LogP contribution in [0.15, 0.2) is 36.4 Å². The Morgan fingerprint density at radius 3 is 2.46 bits per heavy atom. The van der Waals surface area contributed by atoms with Gasteiger partial charge in [0.1, 0.15) is 5.69 Å². The molecule has 11 heteroatoms. The molecule has 1 aliphatic heterocycles. The molecule has 0 radical (unpaired) electrons. The van der Waals surface area contributed by atoms with Crippen molar-refractivity contribution in [3.8, 4) is 0 Å². The van der Waals surface area contributed by atoms with Crippen molar-refractivity contribution in [2.45, 2.75) is 26.6 Å². The lowest BCUT2D eigenvalue weighted by atomic mass is 10.2. The van der Waals surface area contributed by atoms with Crippen molar-refractivity contribution in [1.82, 2.24) is 21.5 Å². The van der Waals surface area contributed by atoms with E-state index in [1.807, 2.05) is 13.8 Å². The van der Waals surface area contributed by atoms with Crippen LogP contribution in [-0.2, 0) is 12.7 Å². The van der Waals surface area contributed by atoms with Crippen molar-refractivity contribution in [2.24, 2.45) is 0 Å². The molecule has 0 saturated carbocycles. The molecule has 1 aromatic carbocycles. The van der Waals surface area contributed by atoms with Gasteiger partial charge in [0.2, 0.25) is 0 Å². The Bertz CT molecular complexity index is 833. The minimum absolute atomic E-state index is 0.0591. The first-order chi connectivity index (χ1) is 13.3. The Kier molecular flexibility index (Phi) is 7.05. The summed E-state index contributed by atoms with van der Waals surface area (Å²) in [5.41, 5.74) is 7.55. The molecule has 0 bridgehead atoms. The zero-order chi connectivity index (χ0) is 20.9. The Hall–Kier alpha value is -2.56. The number of rotatable bonds is 4. The number of hydrazine groups is 3. The maximum atomic E-state index is 12.8. The van der Waals surface area contributed by atoms with Gasteiger partial charge in [-0.3, -0.25) is 5.43 Å². The van der Waals surface area contributed by atoms with Gasteiger partial charge in [-0.1, -0.05) is 37.6 Å². The van der Waals surface area contributed by atoms with Crippen LogP contribution in [0.25, 0.3) is 0 Å². The molecule has 1 aromatic heterocycles. The molecule has 1 fully saturated rings. The summed E-state index contributed by atoms with van der Waals surface area (Å²) in [5, 5.41) is 1.52. The zero-order valence-electron chi connectivity index (χ0n) is 15.4. The van der Waals surface area contributed by atoms with Crippen molar-refractivity contribution in [1.29, 1.82) is 0 Å². The predicted octanol–water partition coefficient (Wildman–Crippen LogP) is 3.87. The van der Waals surface area contributed by atoms with E-state index in [4.69, 9.17) is 11.6 Å². The van der Waals surface area contributed by atoms with E-state index in [0.717, 1.165) is 6.07 Å². The molecule has 2 aromatic rings. The highest BCUT2D eigenvalue weighted by Crippen LogP contribution is 2.36. The number of para-hydroxylation sites is 1. The lowest BCUT2D eigenvalue weighted by Gasteiger charge is -2.26. The lowest BCUT2D eigenvalue weighted by Crippen LogP contribution is -2.38. The number of pyridine rings is 1. The molecular formula is C17H20ClF3N6O. The molecule has 152 valence electrons. The van der Waals surface area contributed by atoms with Gasteiger partial charge in [0, 0.05) is 7.05 Å². The standard InChI is InChI=1S/C15H14ClF3N6O.C2H6/c1-24(8-9-4-2-7-12(20-9)15(17,18)19)13-10(16)5-3-6-11(13)25-14(26)21-22-23-25;1-2/h2-7,22-23H,8H2,1H3,(H,21,26);1-2H3. The summed E-state index contributed by atoms with van der Waals surface area (Å²) in [6, 6.07) is 8.17. The smallest absolute Gasteiger partial charge is 0.366 e. The third-order valence-electron chi connectivity index (χ3n) is 3.62. The molecule has 3 rings (SSSR count). The van der Waals surface area contributed by atoms with Gasteiger partial charge in [-0.25, -0.2) is 14.8 Å². The molecule has 3 N–H and O–H groups in total. The molecule has 2 heterocycles. The van der Waals surface area contributed by atoms with Crippen LogP contribution in [0.3, 0.4) is 0 Å².